The van der Waals surface area contributed by atoms with Crippen molar-refractivity contribution < 1.29 is 14.7 Å². The van der Waals surface area contributed by atoms with Crippen molar-refractivity contribution >= 4 is 24.2 Å². The van der Waals surface area contributed by atoms with Gasteiger partial charge in [-0.15, -0.1) is 0 Å². The van der Waals surface area contributed by atoms with Crippen LogP contribution in [0.25, 0.3) is 0 Å². The molecule has 0 saturated heterocycles. The summed E-state index contributed by atoms with van der Waals surface area (Å²) in [5.41, 5.74) is 0.582. The van der Waals surface area contributed by atoms with Crippen molar-refractivity contribution in [3.05, 3.63) is 29.3 Å². The van der Waals surface area contributed by atoms with Gasteiger partial charge in [0, 0.05) is 5.02 Å². The van der Waals surface area contributed by atoms with E-state index in [2.05, 4.69) is 6.92 Å². The summed E-state index contributed by atoms with van der Waals surface area (Å²) in [5.74, 6) is 0. The minimum Gasteiger partial charge on any atom is -0.422 e. The van der Waals surface area contributed by atoms with E-state index in [0.29, 0.717) is 17.1 Å². The number of hydrogen-bond acceptors (Lipinski definition) is 3. The largest absolute Gasteiger partial charge is 0.523 e. The lowest BCUT2D eigenvalue weighted by atomic mass is 9.80. The zero-order chi connectivity index (χ0) is 11.1. The van der Waals surface area contributed by atoms with Crippen molar-refractivity contribution in [2.75, 3.05) is 6.61 Å². The van der Waals surface area contributed by atoms with Crippen LogP contribution in [0.4, 0.5) is 0 Å². The summed E-state index contributed by atoms with van der Waals surface area (Å²) >= 11 is 5.77. The highest BCUT2D eigenvalue weighted by Gasteiger charge is 2.17. The van der Waals surface area contributed by atoms with Crippen LogP contribution < -0.4 is 5.46 Å². The van der Waals surface area contributed by atoms with E-state index >= 15 is 0 Å². The molecule has 0 atom stereocenters. The van der Waals surface area contributed by atoms with Gasteiger partial charge in [-0.3, -0.25) is 4.81 Å². The molecule has 0 aliphatic rings. The number of benzene rings is 1. The highest BCUT2D eigenvalue weighted by molar-refractivity contribution is 6.60. The standard InChI is InChI=1S/C10H14BClO3/c1-2-3-7-14-15-11(13)9-5-4-6-10(12)8-9/h4-6,8,13H,2-3,7H2,1H3. The normalized spacial score (nSPS) is 10.3. The Balaban J connectivity index is 2.36. The fourth-order valence-electron chi connectivity index (χ4n) is 1.03. The quantitative estimate of drug-likeness (QED) is 0.349. The van der Waals surface area contributed by atoms with Gasteiger partial charge in [-0.05, 0) is 24.0 Å². The summed E-state index contributed by atoms with van der Waals surface area (Å²) in [5, 5.41) is 10.1. The smallest absolute Gasteiger partial charge is 0.422 e. The van der Waals surface area contributed by atoms with Crippen LogP contribution in [0.1, 0.15) is 19.8 Å². The molecule has 3 nitrogen and oxygen atoms in total. The fourth-order valence-corrected chi connectivity index (χ4v) is 1.23. The fraction of sp³-hybridized carbons (Fsp3) is 0.400. The molecule has 1 aromatic rings. The van der Waals surface area contributed by atoms with E-state index in [1.165, 1.54) is 0 Å². The number of rotatable bonds is 6. The highest BCUT2D eigenvalue weighted by Crippen LogP contribution is 2.04. The first-order valence-corrected chi connectivity index (χ1v) is 5.33. The Morgan fingerprint density at radius 3 is 2.93 bits per heavy atom. The number of unbranched alkanes of at least 4 members (excludes halogenated alkanes) is 1. The van der Waals surface area contributed by atoms with Crippen LogP contribution in [0.3, 0.4) is 0 Å². The van der Waals surface area contributed by atoms with Gasteiger partial charge in [-0.25, -0.2) is 4.89 Å². The molecule has 0 radical (unpaired) electrons. The predicted molar refractivity (Wildman–Crippen MR) is 61.0 cm³/mol. The second-order valence-corrected chi connectivity index (χ2v) is 3.62. The Labute approximate surface area is 95.0 Å². The Hall–Kier alpha value is -0.545. The van der Waals surface area contributed by atoms with Crippen LogP contribution in [0.15, 0.2) is 24.3 Å². The van der Waals surface area contributed by atoms with Gasteiger partial charge in [0.1, 0.15) is 0 Å². The van der Waals surface area contributed by atoms with Gasteiger partial charge in [0.05, 0.1) is 6.61 Å². The summed E-state index contributed by atoms with van der Waals surface area (Å²) in [6.07, 6.45) is 1.93. The second-order valence-electron chi connectivity index (χ2n) is 3.18. The van der Waals surface area contributed by atoms with Gasteiger partial charge in [0.25, 0.3) is 0 Å². The molecule has 0 aliphatic heterocycles. The van der Waals surface area contributed by atoms with Gasteiger partial charge in [0.2, 0.25) is 0 Å². The molecular formula is C10H14BClO3. The first kappa shape index (κ1) is 12.5. The molecule has 0 aliphatic carbocycles. The van der Waals surface area contributed by atoms with Crippen molar-refractivity contribution in [1.82, 2.24) is 0 Å². The molecule has 0 unspecified atom stereocenters. The maximum atomic E-state index is 9.54. The second kappa shape index (κ2) is 6.85. The summed E-state index contributed by atoms with van der Waals surface area (Å²) < 4.78 is 0. The van der Waals surface area contributed by atoms with Crippen molar-refractivity contribution in [2.45, 2.75) is 19.8 Å². The van der Waals surface area contributed by atoms with Crippen LogP contribution in [0, 0.1) is 0 Å². The maximum Gasteiger partial charge on any atom is 0.523 e. The first-order chi connectivity index (χ1) is 7.24. The molecule has 5 heteroatoms. The van der Waals surface area contributed by atoms with E-state index in [9.17, 15) is 5.02 Å². The minimum atomic E-state index is -1.08. The minimum absolute atomic E-state index is 0.480. The van der Waals surface area contributed by atoms with Crippen LogP contribution in [0.5, 0.6) is 0 Å². The van der Waals surface area contributed by atoms with Gasteiger partial charge in [-0.1, -0.05) is 37.1 Å². The third-order valence-corrected chi connectivity index (χ3v) is 2.11. The van der Waals surface area contributed by atoms with Crippen LogP contribution in [-0.4, -0.2) is 18.7 Å². The molecule has 0 heterocycles. The summed E-state index contributed by atoms with van der Waals surface area (Å²) in [7, 11) is -1.08. The third kappa shape index (κ3) is 4.66. The molecule has 0 amide bonds. The van der Waals surface area contributed by atoms with Gasteiger partial charge in [-0.2, -0.15) is 0 Å². The zero-order valence-corrected chi connectivity index (χ0v) is 9.41. The topological polar surface area (TPSA) is 38.7 Å². The van der Waals surface area contributed by atoms with Crippen LogP contribution in [-0.2, 0) is 9.69 Å². The molecule has 0 saturated carbocycles. The molecule has 15 heavy (non-hydrogen) atoms. The Bertz CT molecular complexity index is 296. The van der Waals surface area contributed by atoms with Gasteiger partial charge < -0.3 is 5.02 Å². The van der Waals surface area contributed by atoms with Gasteiger partial charge in [0.15, 0.2) is 0 Å². The molecule has 0 aromatic heterocycles. The van der Waals surface area contributed by atoms with Crippen molar-refractivity contribution in [3.63, 3.8) is 0 Å². The highest BCUT2D eigenvalue weighted by atomic mass is 35.5. The molecule has 1 N–H and O–H groups in total. The Kier molecular flexibility index (Phi) is 5.72. The van der Waals surface area contributed by atoms with Crippen molar-refractivity contribution in [1.29, 1.82) is 0 Å². The summed E-state index contributed by atoms with van der Waals surface area (Å²) in [6, 6.07) is 6.83. The van der Waals surface area contributed by atoms with Crippen LogP contribution >= 0.6 is 11.6 Å². The van der Waals surface area contributed by atoms with Gasteiger partial charge >= 0.3 is 7.12 Å². The van der Waals surface area contributed by atoms with E-state index < -0.39 is 7.12 Å². The molecule has 0 bridgehead atoms. The lowest BCUT2D eigenvalue weighted by molar-refractivity contribution is -0.221. The SMILES string of the molecule is CCCCOOB(O)c1cccc(Cl)c1. The van der Waals surface area contributed by atoms with E-state index in [0.717, 1.165) is 12.8 Å². The summed E-state index contributed by atoms with van der Waals surface area (Å²) in [4.78, 5) is 9.62. The monoisotopic (exact) mass is 228 g/mol. The molecule has 82 valence electrons. The van der Waals surface area contributed by atoms with Crippen molar-refractivity contribution in [2.24, 2.45) is 0 Å². The predicted octanol–water partition coefficient (Wildman–Crippen LogP) is 1.78. The lowest BCUT2D eigenvalue weighted by Crippen LogP contribution is -2.33. The molecule has 1 aromatic carbocycles. The van der Waals surface area contributed by atoms with Crippen molar-refractivity contribution in [3.8, 4) is 0 Å². The average molecular weight is 228 g/mol. The molecule has 1 rings (SSSR count). The molecular weight excluding hydrogens is 214 g/mol. The average Bonchev–Trinajstić information content (AvgIpc) is 2.24. The van der Waals surface area contributed by atoms with E-state index in [1.807, 2.05) is 0 Å². The molecule has 0 spiro atoms. The van der Waals surface area contributed by atoms with E-state index in [1.54, 1.807) is 24.3 Å². The number of hydrogen-bond donors (Lipinski definition) is 1. The maximum absolute atomic E-state index is 9.54. The Morgan fingerprint density at radius 2 is 2.27 bits per heavy atom. The first-order valence-electron chi connectivity index (χ1n) is 4.96. The molecule has 0 fully saturated rings. The third-order valence-electron chi connectivity index (χ3n) is 1.87. The summed E-state index contributed by atoms with van der Waals surface area (Å²) in [6.45, 7) is 2.53. The number of halogens is 1. The van der Waals surface area contributed by atoms with E-state index in [-0.39, 0.29) is 0 Å². The Morgan fingerprint density at radius 1 is 1.47 bits per heavy atom. The lowest BCUT2D eigenvalue weighted by Gasteiger charge is -2.07. The van der Waals surface area contributed by atoms with E-state index in [4.69, 9.17) is 21.3 Å². The zero-order valence-electron chi connectivity index (χ0n) is 8.65. The van der Waals surface area contributed by atoms with Crippen LogP contribution in [0.2, 0.25) is 5.02 Å².